The van der Waals surface area contributed by atoms with E-state index in [9.17, 15) is 9.90 Å². The molecule has 126 valence electrons. The van der Waals surface area contributed by atoms with Gasteiger partial charge in [0.05, 0.1) is 12.2 Å². The number of carboxylic acids is 1. The quantitative estimate of drug-likeness (QED) is 0.452. The van der Waals surface area contributed by atoms with Crippen molar-refractivity contribution in [2.24, 2.45) is 5.92 Å². The Morgan fingerprint density at radius 3 is 2.29 bits per heavy atom. The number of carboxylic acid groups (broad SMARTS) is 1. The molecule has 0 heterocycles. The molecule has 2 aromatic rings. The minimum atomic E-state index is -0.975. The molecule has 0 aliphatic carbocycles. The average Bonchev–Trinajstić information content (AvgIpc) is 2.54. The van der Waals surface area contributed by atoms with Crippen LogP contribution in [0.2, 0.25) is 0 Å². The van der Waals surface area contributed by atoms with Crippen molar-refractivity contribution >= 4 is 23.3 Å². The first-order valence-corrected chi connectivity index (χ1v) is 7.99. The van der Waals surface area contributed by atoms with Gasteiger partial charge in [-0.2, -0.15) is 0 Å². The van der Waals surface area contributed by atoms with Gasteiger partial charge in [0.1, 0.15) is 5.75 Å². The molecule has 0 aromatic heterocycles. The van der Waals surface area contributed by atoms with Gasteiger partial charge in [-0.15, -0.1) is 0 Å². The fourth-order valence-electron chi connectivity index (χ4n) is 2.17. The molecule has 0 atom stereocenters. The molecule has 0 saturated carbocycles. The van der Waals surface area contributed by atoms with E-state index in [1.54, 1.807) is 30.3 Å². The van der Waals surface area contributed by atoms with Gasteiger partial charge in [-0.3, -0.25) is 0 Å². The van der Waals surface area contributed by atoms with Gasteiger partial charge in [-0.05, 0) is 53.8 Å². The van der Waals surface area contributed by atoms with Crippen molar-refractivity contribution in [2.45, 2.75) is 20.3 Å². The Balaban J connectivity index is 2.15. The van der Waals surface area contributed by atoms with Crippen molar-refractivity contribution in [3.63, 3.8) is 0 Å². The summed E-state index contributed by atoms with van der Waals surface area (Å²) in [5, 5.41) is 9.46. The van der Waals surface area contributed by atoms with Crippen LogP contribution in [0, 0.1) is 5.92 Å². The SMILES string of the molecule is CC(C)CCOc1ccc(C=C(C(=O)O)c2ccc(N)cc2)cc1. The summed E-state index contributed by atoms with van der Waals surface area (Å²) in [7, 11) is 0. The molecule has 0 spiro atoms. The van der Waals surface area contributed by atoms with Crippen LogP contribution in [-0.2, 0) is 4.79 Å². The van der Waals surface area contributed by atoms with E-state index < -0.39 is 5.97 Å². The number of hydrogen-bond acceptors (Lipinski definition) is 3. The molecule has 2 rings (SSSR count). The number of benzene rings is 2. The number of aliphatic carboxylic acids is 1. The van der Waals surface area contributed by atoms with Crippen LogP contribution in [0.4, 0.5) is 5.69 Å². The molecule has 2 aromatic carbocycles. The van der Waals surface area contributed by atoms with E-state index in [-0.39, 0.29) is 5.57 Å². The Morgan fingerprint density at radius 2 is 1.75 bits per heavy atom. The van der Waals surface area contributed by atoms with Crippen LogP contribution in [0.3, 0.4) is 0 Å². The van der Waals surface area contributed by atoms with Crippen molar-refractivity contribution in [3.05, 3.63) is 59.7 Å². The van der Waals surface area contributed by atoms with Crippen LogP contribution in [-0.4, -0.2) is 17.7 Å². The third kappa shape index (κ3) is 5.16. The number of ether oxygens (including phenoxy) is 1. The maximum atomic E-state index is 11.5. The molecule has 24 heavy (non-hydrogen) atoms. The summed E-state index contributed by atoms with van der Waals surface area (Å²) in [4.78, 5) is 11.5. The summed E-state index contributed by atoms with van der Waals surface area (Å²) >= 11 is 0. The van der Waals surface area contributed by atoms with Crippen LogP contribution >= 0.6 is 0 Å². The number of carbonyl (C=O) groups is 1. The van der Waals surface area contributed by atoms with Gasteiger partial charge in [0.2, 0.25) is 0 Å². The molecule has 0 saturated heterocycles. The van der Waals surface area contributed by atoms with Crippen LogP contribution in [0.1, 0.15) is 31.4 Å². The maximum Gasteiger partial charge on any atom is 0.336 e. The fourth-order valence-corrected chi connectivity index (χ4v) is 2.17. The monoisotopic (exact) mass is 325 g/mol. The van der Waals surface area contributed by atoms with Gasteiger partial charge in [0, 0.05) is 5.69 Å². The molecule has 0 radical (unpaired) electrons. The minimum absolute atomic E-state index is 0.225. The lowest BCUT2D eigenvalue weighted by Gasteiger charge is -2.08. The number of hydrogen-bond donors (Lipinski definition) is 2. The van der Waals surface area contributed by atoms with Crippen LogP contribution in [0.15, 0.2) is 48.5 Å². The molecule has 0 bridgehead atoms. The third-order valence-corrected chi connectivity index (χ3v) is 3.61. The van der Waals surface area contributed by atoms with Crippen molar-refractivity contribution in [3.8, 4) is 5.75 Å². The first-order valence-electron chi connectivity index (χ1n) is 7.99. The van der Waals surface area contributed by atoms with E-state index in [0.717, 1.165) is 17.7 Å². The first kappa shape index (κ1) is 17.6. The largest absolute Gasteiger partial charge is 0.494 e. The van der Waals surface area contributed by atoms with Crippen LogP contribution in [0.5, 0.6) is 5.75 Å². The number of nitrogen functional groups attached to an aromatic ring is 1. The molecule has 0 aliphatic rings. The van der Waals surface area contributed by atoms with E-state index in [4.69, 9.17) is 10.5 Å². The fraction of sp³-hybridized carbons (Fsp3) is 0.250. The van der Waals surface area contributed by atoms with Gasteiger partial charge >= 0.3 is 5.97 Å². The van der Waals surface area contributed by atoms with Crippen molar-refractivity contribution in [1.82, 2.24) is 0 Å². The van der Waals surface area contributed by atoms with E-state index >= 15 is 0 Å². The Bertz CT molecular complexity index is 701. The van der Waals surface area contributed by atoms with Crippen molar-refractivity contribution in [2.75, 3.05) is 12.3 Å². The second kappa shape index (κ2) is 8.20. The minimum Gasteiger partial charge on any atom is -0.494 e. The molecule has 0 amide bonds. The summed E-state index contributed by atoms with van der Waals surface area (Å²) in [6.45, 7) is 4.99. The normalized spacial score (nSPS) is 11.5. The van der Waals surface area contributed by atoms with Gasteiger partial charge in [0.15, 0.2) is 0 Å². The van der Waals surface area contributed by atoms with E-state index in [1.807, 2.05) is 24.3 Å². The summed E-state index contributed by atoms with van der Waals surface area (Å²) in [6, 6.07) is 14.2. The molecule has 4 heteroatoms. The Labute approximate surface area is 142 Å². The summed E-state index contributed by atoms with van der Waals surface area (Å²) in [6.07, 6.45) is 2.65. The number of rotatable bonds is 7. The lowest BCUT2D eigenvalue weighted by atomic mass is 10.0. The molecule has 0 fully saturated rings. The highest BCUT2D eigenvalue weighted by molar-refractivity contribution is 6.20. The Morgan fingerprint density at radius 1 is 1.12 bits per heavy atom. The zero-order valence-electron chi connectivity index (χ0n) is 14.0. The zero-order valence-corrected chi connectivity index (χ0v) is 14.0. The van der Waals surface area contributed by atoms with Crippen molar-refractivity contribution < 1.29 is 14.6 Å². The lowest BCUT2D eigenvalue weighted by molar-refractivity contribution is -0.130. The molecule has 0 aliphatic heterocycles. The predicted octanol–water partition coefficient (Wildman–Crippen LogP) is 4.32. The maximum absolute atomic E-state index is 11.5. The molecular formula is C20H23NO3. The summed E-state index contributed by atoms with van der Waals surface area (Å²) in [5.74, 6) is 0.416. The van der Waals surface area contributed by atoms with E-state index in [1.165, 1.54) is 0 Å². The van der Waals surface area contributed by atoms with Crippen molar-refractivity contribution in [1.29, 1.82) is 0 Å². The van der Waals surface area contributed by atoms with Gasteiger partial charge in [-0.1, -0.05) is 38.1 Å². The molecule has 3 N–H and O–H groups in total. The smallest absolute Gasteiger partial charge is 0.336 e. The summed E-state index contributed by atoms with van der Waals surface area (Å²) < 4.78 is 5.67. The number of anilines is 1. The predicted molar refractivity (Wildman–Crippen MR) is 97.8 cm³/mol. The number of nitrogens with two attached hydrogens (primary N) is 1. The Hall–Kier alpha value is -2.75. The van der Waals surface area contributed by atoms with Gasteiger partial charge < -0.3 is 15.6 Å². The third-order valence-electron chi connectivity index (χ3n) is 3.61. The highest BCUT2D eigenvalue weighted by atomic mass is 16.5. The molecular weight excluding hydrogens is 302 g/mol. The lowest BCUT2D eigenvalue weighted by Crippen LogP contribution is -2.01. The molecule has 4 nitrogen and oxygen atoms in total. The highest BCUT2D eigenvalue weighted by Crippen LogP contribution is 2.21. The van der Waals surface area contributed by atoms with Gasteiger partial charge in [-0.25, -0.2) is 4.79 Å². The average molecular weight is 325 g/mol. The second-order valence-corrected chi connectivity index (χ2v) is 6.09. The van der Waals surface area contributed by atoms with Crippen LogP contribution in [0.25, 0.3) is 11.6 Å². The second-order valence-electron chi connectivity index (χ2n) is 6.09. The topological polar surface area (TPSA) is 72.5 Å². The summed E-state index contributed by atoms with van der Waals surface area (Å²) in [5.41, 5.74) is 7.90. The zero-order chi connectivity index (χ0) is 17.5. The standard InChI is InChI=1S/C20H23NO3/c1-14(2)11-12-24-18-9-3-15(4-10-18)13-19(20(22)23)16-5-7-17(21)8-6-16/h3-10,13-14H,11-12,21H2,1-2H3,(H,22,23). The highest BCUT2D eigenvalue weighted by Gasteiger charge is 2.10. The van der Waals surface area contributed by atoms with E-state index in [0.29, 0.717) is 23.8 Å². The van der Waals surface area contributed by atoms with Gasteiger partial charge in [0.25, 0.3) is 0 Å². The van der Waals surface area contributed by atoms with E-state index in [2.05, 4.69) is 13.8 Å². The molecule has 0 unspecified atom stereocenters. The van der Waals surface area contributed by atoms with Crippen LogP contribution < -0.4 is 10.5 Å². The Kier molecular flexibility index (Phi) is 6.01. The first-order chi connectivity index (χ1) is 11.5.